The van der Waals surface area contributed by atoms with Crippen molar-refractivity contribution in [2.75, 3.05) is 11.9 Å². The van der Waals surface area contributed by atoms with Crippen molar-refractivity contribution in [2.24, 2.45) is 5.73 Å². The first-order valence-electron chi connectivity index (χ1n) is 7.58. The van der Waals surface area contributed by atoms with Crippen molar-refractivity contribution in [3.05, 3.63) is 64.7 Å². The maximum Gasteiger partial charge on any atom is 0.0428 e. The van der Waals surface area contributed by atoms with Crippen LogP contribution < -0.4 is 10.6 Å². The number of rotatable bonds is 5. The lowest BCUT2D eigenvalue weighted by Gasteiger charge is -2.22. The van der Waals surface area contributed by atoms with Crippen LogP contribution in [-0.4, -0.2) is 13.1 Å². The smallest absolute Gasteiger partial charge is 0.0428 e. The molecular formula is C19H26N2. The first-order valence-corrected chi connectivity index (χ1v) is 7.58. The van der Waals surface area contributed by atoms with E-state index in [1.165, 1.54) is 27.9 Å². The van der Waals surface area contributed by atoms with Gasteiger partial charge >= 0.3 is 0 Å². The molecular weight excluding hydrogens is 256 g/mol. The van der Waals surface area contributed by atoms with Crippen LogP contribution in [0.15, 0.2) is 42.5 Å². The van der Waals surface area contributed by atoms with Crippen molar-refractivity contribution in [1.82, 2.24) is 0 Å². The molecule has 0 radical (unpaired) electrons. The Balaban J connectivity index is 2.14. The largest absolute Gasteiger partial charge is 0.370 e. The molecule has 0 saturated carbocycles. The Morgan fingerprint density at radius 1 is 1.00 bits per heavy atom. The number of nitrogens with two attached hydrogens (primary N) is 1. The van der Waals surface area contributed by atoms with Crippen LogP contribution in [-0.2, 0) is 13.0 Å². The highest BCUT2D eigenvalue weighted by Gasteiger charge is 2.07. The Kier molecular flexibility index (Phi) is 5.03. The van der Waals surface area contributed by atoms with Crippen molar-refractivity contribution in [1.29, 1.82) is 0 Å². The molecule has 0 aliphatic carbocycles. The van der Waals surface area contributed by atoms with E-state index in [1.54, 1.807) is 0 Å². The molecule has 0 amide bonds. The van der Waals surface area contributed by atoms with Gasteiger partial charge < -0.3 is 10.6 Å². The first-order chi connectivity index (χ1) is 9.97. The topological polar surface area (TPSA) is 29.3 Å². The Morgan fingerprint density at radius 2 is 1.71 bits per heavy atom. The summed E-state index contributed by atoms with van der Waals surface area (Å²) in [7, 11) is 2.15. The molecule has 112 valence electrons. The third kappa shape index (κ3) is 4.08. The number of hydrogen-bond donors (Lipinski definition) is 1. The summed E-state index contributed by atoms with van der Waals surface area (Å²) in [6.45, 7) is 7.32. The summed E-state index contributed by atoms with van der Waals surface area (Å²) in [5, 5.41) is 0. The third-order valence-electron chi connectivity index (χ3n) is 3.98. The Labute approximate surface area is 128 Å². The molecule has 0 fully saturated rings. The number of anilines is 1. The molecule has 0 bridgehead atoms. The molecule has 21 heavy (non-hydrogen) atoms. The fourth-order valence-corrected chi connectivity index (χ4v) is 2.63. The van der Waals surface area contributed by atoms with Crippen LogP contribution in [0, 0.1) is 13.8 Å². The standard InChI is InChI=1S/C19H26N2/c1-14-7-5-6-8-18(14)13-21(4)19-10-9-17(12-16(3)20)15(2)11-19/h5-11,16H,12-13,20H2,1-4H3. The van der Waals surface area contributed by atoms with Gasteiger partial charge in [0.2, 0.25) is 0 Å². The molecule has 2 nitrogen and oxygen atoms in total. The monoisotopic (exact) mass is 282 g/mol. The summed E-state index contributed by atoms with van der Waals surface area (Å²) in [6.07, 6.45) is 0.938. The predicted molar refractivity (Wildman–Crippen MR) is 91.8 cm³/mol. The molecule has 1 unspecified atom stereocenters. The van der Waals surface area contributed by atoms with Gasteiger partial charge in [0.15, 0.2) is 0 Å². The second-order valence-electron chi connectivity index (χ2n) is 6.07. The predicted octanol–water partition coefficient (Wildman–Crippen LogP) is 3.83. The summed E-state index contributed by atoms with van der Waals surface area (Å²) in [5.74, 6) is 0. The normalized spacial score (nSPS) is 12.2. The zero-order valence-corrected chi connectivity index (χ0v) is 13.6. The van der Waals surface area contributed by atoms with Gasteiger partial charge in [-0.3, -0.25) is 0 Å². The van der Waals surface area contributed by atoms with E-state index < -0.39 is 0 Å². The molecule has 0 aromatic heterocycles. The second kappa shape index (κ2) is 6.77. The van der Waals surface area contributed by atoms with Gasteiger partial charge in [0.1, 0.15) is 0 Å². The fourth-order valence-electron chi connectivity index (χ4n) is 2.63. The highest BCUT2D eigenvalue weighted by molar-refractivity contribution is 5.51. The quantitative estimate of drug-likeness (QED) is 0.903. The van der Waals surface area contributed by atoms with Crippen LogP contribution in [0.1, 0.15) is 29.2 Å². The van der Waals surface area contributed by atoms with Crippen molar-refractivity contribution < 1.29 is 0 Å². The lowest BCUT2D eigenvalue weighted by molar-refractivity contribution is 0.734. The highest BCUT2D eigenvalue weighted by Crippen LogP contribution is 2.21. The van der Waals surface area contributed by atoms with E-state index in [9.17, 15) is 0 Å². The van der Waals surface area contributed by atoms with Gasteiger partial charge in [0.25, 0.3) is 0 Å². The van der Waals surface area contributed by atoms with E-state index in [1.807, 2.05) is 0 Å². The molecule has 2 N–H and O–H groups in total. The van der Waals surface area contributed by atoms with E-state index in [0.29, 0.717) is 0 Å². The summed E-state index contributed by atoms with van der Waals surface area (Å²) in [4.78, 5) is 2.30. The van der Waals surface area contributed by atoms with Gasteiger partial charge in [-0.05, 0) is 61.6 Å². The number of nitrogens with zero attached hydrogens (tertiary/aromatic N) is 1. The molecule has 0 heterocycles. The van der Waals surface area contributed by atoms with E-state index in [2.05, 4.69) is 75.2 Å². The SMILES string of the molecule is Cc1cc(N(C)Cc2ccccc2C)ccc1CC(C)N. The van der Waals surface area contributed by atoms with E-state index in [0.717, 1.165) is 13.0 Å². The van der Waals surface area contributed by atoms with Crippen molar-refractivity contribution in [3.63, 3.8) is 0 Å². The van der Waals surface area contributed by atoms with E-state index >= 15 is 0 Å². The maximum atomic E-state index is 5.90. The maximum absolute atomic E-state index is 5.90. The Hall–Kier alpha value is -1.80. The van der Waals surface area contributed by atoms with Crippen LogP contribution in [0.5, 0.6) is 0 Å². The number of aryl methyl sites for hydroxylation is 2. The average Bonchev–Trinajstić information content (AvgIpc) is 2.43. The van der Waals surface area contributed by atoms with Gasteiger partial charge in [0.05, 0.1) is 0 Å². The van der Waals surface area contributed by atoms with Crippen LogP contribution in [0.3, 0.4) is 0 Å². The third-order valence-corrected chi connectivity index (χ3v) is 3.98. The van der Waals surface area contributed by atoms with Crippen molar-refractivity contribution >= 4 is 5.69 Å². The molecule has 2 rings (SSSR count). The van der Waals surface area contributed by atoms with Gasteiger partial charge in [-0.15, -0.1) is 0 Å². The number of hydrogen-bond acceptors (Lipinski definition) is 2. The Morgan fingerprint density at radius 3 is 2.33 bits per heavy atom. The first kappa shape index (κ1) is 15.6. The summed E-state index contributed by atoms with van der Waals surface area (Å²) in [6, 6.07) is 15.4. The average molecular weight is 282 g/mol. The van der Waals surface area contributed by atoms with Crippen LogP contribution in [0.2, 0.25) is 0 Å². The van der Waals surface area contributed by atoms with Crippen LogP contribution in [0.25, 0.3) is 0 Å². The summed E-state index contributed by atoms with van der Waals surface area (Å²) >= 11 is 0. The van der Waals surface area contributed by atoms with Gasteiger partial charge in [-0.2, -0.15) is 0 Å². The molecule has 2 aromatic carbocycles. The zero-order chi connectivity index (χ0) is 15.4. The highest BCUT2D eigenvalue weighted by atomic mass is 15.1. The second-order valence-corrected chi connectivity index (χ2v) is 6.07. The van der Waals surface area contributed by atoms with Gasteiger partial charge in [-0.25, -0.2) is 0 Å². The van der Waals surface area contributed by atoms with Crippen LogP contribution in [0.4, 0.5) is 5.69 Å². The molecule has 0 aliphatic rings. The van der Waals surface area contributed by atoms with Crippen molar-refractivity contribution in [3.8, 4) is 0 Å². The molecule has 1 atom stereocenters. The minimum absolute atomic E-state index is 0.208. The van der Waals surface area contributed by atoms with Crippen molar-refractivity contribution in [2.45, 2.75) is 39.8 Å². The molecule has 0 aliphatic heterocycles. The number of benzene rings is 2. The van der Waals surface area contributed by atoms with E-state index in [4.69, 9.17) is 5.73 Å². The van der Waals surface area contributed by atoms with E-state index in [-0.39, 0.29) is 6.04 Å². The van der Waals surface area contributed by atoms with Gasteiger partial charge in [0, 0.05) is 25.3 Å². The lowest BCUT2D eigenvalue weighted by atomic mass is 10.0. The molecule has 0 spiro atoms. The molecule has 2 aromatic rings. The Bertz CT molecular complexity index is 602. The minimum atomic E-state index is 0.208. The molecule has 2 heteroatoms. The zero-order valence-electron chi connectivity index (χ0n) is 13.6. The fraction of sp³-hybridized carbons (Fsp3) is 0.368. The summed E-state index contributed by atoms with van der Waals surface area (Å²) < 4.78 is 0. The lowest BCUT2D eigenvalue weighted by Crippen LogP contribution is -2.19. The minimum Gasteiger partial charge on any atom is -0.370 e. The summed E-state index contributed by atoms with van der Waals surface area (Å²) in [5.41, 5.74) is 12.5. The van der Waals surface area contributed by atoms with Crippen LogP contribution >= 0.6 is 0 Å². The van der Waals surface area contributed by atoms with Gasteiger partial charge in [-0.1, -0.05) is 30.3 Å². The molecule has 0 saturated heterocycles.